The Morgan fingerprint density at radius 2 is 1.74 bits per heavy atom. The first-order valence-electron chi connectivity index (χ1n) is 7.51. The standard InChI is InChI=1S/C17H25BrO/c1-13-10-11-16(19-2)15(12-13)17(18)14-8-6-4-3-5-7-9-14/h10-12,14,17H,3-9H2,1-2H3. The molecule has 0 spiro atoms. The van der Waals surface area contributed by atoms with E-state index in [1.54, 1.807) is 7.11 Å². The van der Waals surface area contributed by atoms with Crippen LogP contribution in [0.15, 0.2) is 18.2 Å². The summed E-state index contributed by atoms with van der Waals surface area (Å²) in [7, 11) is 1.77. The molecule has 2 heteroatoms. The van der Waals surface area contributed by atoms with Gasteiger partial charge in [-0.05, 0) is 31.7 Å². The summed E-state index contributed by atoms with van der Waals surface area (Å²) in [5.74, 6) is 1.77. The number of benzene rings is 1. The molecule has 1 atom stereocenters. The molecule has 106 valence electrons. The molecule has 1 aromatic rings. The quantitative estimate of drug-likeness (QED) is 0.638. The monoisotopic (exact) mass is 324 g/mol. The lowest BCUT2D eigenvalue weighted by atomic mass is 9.86. The van der Waals surface area contributed by atoms with Gasteiger partial charge in [0.25, 0.3) is 0 Å². The molecule has 0 saturated heterocycles. The third-order valence-electron chi connectivity index (χ3n) is 4.25. The van der Waals surface area contributed by atoms with Crippen LogP contribution >= 0.6 is 15.9 Å². The number of hydrogen-bond donors (Lipinski definition) is 0. The van der Waals surface area contributed by atoms with Gasteiger partial charge in [-0.25, -0.2) is 0 Å². The molecule has 1 nitrogen and oxygen atoms in total. The molecule has 0 radical (unpaired) electrons. The predicted octanol–water partition coefficient (Wildman–Crippen LogP) is 5.80. The molecule has 1 unspecified atom stereocenters. The highest BCUT2D eigenvalue weighted by atomic mass is 79.9. The Bertz CT molecular complexity index is 394. The van der Waals surface area contributed by atoms with Gasteiger partial charge in [-0.15, -0.1) is 0 Å². The van der Waals surface area contributed by atoms with Crippen LogP contribution in [0.1, 0.15) is 60.9 Å². The topological polar surface area (TPSA) is 9.23 Å². The van der Waals surface area contributed by atoms with E-state index < -0.39 is 0 Å². The van der Waals surface area contributed by atoms with E-state index in [1.807, 2.05) is 0 Å². The van der Waals surface area contributed by atoms with Crippen molar-refractivity contribution in [3.8, 4) is 5.75 Å². The fourth-order valence-corrected chi connectivity index (χ4v) is 3.99. The van der Waals surface area contributed by atoms with E-state index >= 15 is 0 Å². The summed E-state index contributed by atoms with van der Waals surface area (Å²) in [5, 5.41) is 0. The van der Waals surface area contributed by atoms with Crippen molar-refractivity contribution < 1.29 is 4.74 Å². The van der Waals surface area contributed by atoms with E-state index in [2.05, 4.69) is 41.1 Å². The van der Waals surface area contributed by atoms with Crippen molar-refractivity contribution in [2.75, 3.05) is 7.11 Å². The molecule has 2 rings (SSSR count). The van der Waals surface area contributed by atoms with Crippen LogP contribution in [0.3, 0.4) is 0 Å². The summed E-state index contributed by atoms with van der Waals surface area (Å²) in [4.78, 5) is 0.431. The molecule has 1 aliphatic carbocycles. The van der Waals surface area contributed by atoms with E-state index in [4.69, 9.17) is 4.74 Å². The van der Waals surface area contributed by atoms with Gasteiger partial charge in [0.05, 0.1) is 7.11 Å². The van der Waals surface area contributed by atoms with Crippen LogP contribution in [0, 0.1) is 12.8 Å². The molecule has 1 aromatic carbocycles. The summed E-state index contributed by atoms with van der Waals surface area (Å²) in [6.45, 7) is 2.15. The molecule has 0 aromatic heterocycles. The smallest absolute Gasteiger partial charge is 0.123 e. The zero-order valence-corrected chi connectivity index (χ0v) is 13.7. The minimum absolute atomic E-state index is 0.431. The van der Waals surface area contributed by atoms with Gasteiger partial charge in [-0.1, -0.05) is 65.7 Å². The van der Waals surface area contributed by atoms with Crippen molar-refractivity contribution in [2.45, 2.75) is 56.7 Å². The summed E-state index contributed by atoms with van der Waals surface area (Å²) >= 11 is 3.95. The largest absolute Gasteiger partial charge is 0.496 e. The summed E-state index contributed by atoms with van der Waals surface area (Å²) in [5.41, 5.74) is 2.64. The van der Waals surface area contributed by atoms with Crippen molar-refractivity contribution in [3.05, 3.63) is 29.3 Å². The zero-order valence-electron chi connectivity index (χ0n) is 12.1. The van der Waals surface area contributed by atoms with Gasteiger partial charge in [0.1, 0.15) is 5.75 Å². The molecule has 0 aliphatic heterocycles. The van der Waals surface area contributed by atoms with E-state index in [9.17, 15) is 0 Å². The molecular weight excluding hydrogens is 300 g/mol. The summed E-state index contributed by atoms with van der Waals surface area (Å²) in [6, 6.07) is 6.50. The van der Waals surface area contributed by atoms with Crippen LogP contribution in [0.5, 0.6) is 5.75 Å². The van der Waals surface area contributed by atoms with Gasteiger partial charge in [-0.3, -0.25) is 0 Å². The lowest BCUT2D eigenvalue weighted by molar-refractivity contribution is 0.363. The molecule has 19 heavy (non-hydrogen) atoms. The summed E-state index contributed by atoms with van der Waals surface area (Å²) in [6.07, 6.45) is 9.66. The molecule has 0 bridgehead atoms. The first-order valence-corrected chi connectivity index (χ1v) is 8.42. The number of rotatable bonds is 3. The van der Waals surface area contributed by atoms with E-state index in [0.717, 1.165) is 11.7 Å². The highest BCUT2D eigenvalue weighted by molar-refractivity contribution is 9.09. The number of methoxy groups -OCH3 is 1. The van der Waals surface area contributed by atoms with Crippen molar-refractivity contribution in [2.24, 2.45) is 5.92 Å². The van der Waals surface area contributed by atoms with E-state index in [-0.39, 0.29) is 0 Å². The third kappa shape index (κ3) is 3.98. The van der Waals surface area contributed by atoms with Crippen LogP contribution in [-0.4, -0.2) is 7.11 Å². The molecule has 1 aliphatic rings. The van der Waals surface area contributed by atoms with Gasteiger partial charge >= 0.3 is 0 Å². The second kappa shape index (κ2) is 7.33. The number of halogens is 1. The average molecular weight is 325 g/mol. The Kier molecular flexibility index (Phi) is 5.75. The lowest BCUT2D eigenvalue weighted by Gasteiger charge is -2.26. The van der Waals surface area contributed by atoms with Gasteiger partial charge in [0, 0.05) is 10.4 Å². The normalized spacial score (nSPS) is 19.5. The zero-order chi connectivity index (χ0) is 13.7. The molecular formula is C17H25BrO. The Balaban J connectivity index is 2.16. The number of alkyl halides is 1. The number of aryl methyl sites for hydroxylation is 1. The van der Waals surface area contributed by atoms with E-state index in [1.165, 1.54) is 56.1 Å². The fourth-order valence-electron chi connectivity index (χ4n) is 3.10. The second-order valence-corrected chi connectivity index (χ2v) is 6.74. The van der Waals surface area contributed by atoms with Crippen molar-refractivity contribution >= 4 is 15.9 Å². The van der Waals surface area contributed by atoms with Crippen LogP contribution in [0.25, 0.3) is 0 Å². The van der Waals surface area contributed by atoms with Gasteiger partial charge < -0.3 is 4.74 Å². The molecule has 0 amide bonds. The van der Waals surface area contributed by atoms with Crippen LogP contribution in [0.4, 0.5) is 0 Å². The van der Waals surface area contributed by atoms with Crippen LogP contribution in [0.2, 0.25) is 0 Å². The highest BCUT2D eigenvalue weighted by Gasteiger charge is 2.23. The Morgan fingerprint density at radius 3 is 2.37 bits per heavy atom. The van der Waals surface area contributed by atoms with Gasteiger partial charge in [0.2, 0.25) is 0 Å². The first-order chi connectivity index (χ1) is 9.22. The molecule has 1 saturated carbocycles. The second-order valence-electron chi connectivity index (χ2n) is 5.75. The molecule has 0 heterocycles. The van der Waals surface area contributed by atoms with Gasteiger partial charge in [0.15, 0.2) is 0 Å². The third-order valence-corrected chi connectivity index (χ3v) is 5.49. The minimum atomic E-state index is 0.431. The van der Waals surface area contributed by atoms with E-state index in [0.29, 0.717) is 4.83 Å². The average Bonchev–Trinajstić information content (AvgIpc) is 2.37. The Labute approximate surface area is 125 Å². The number of hydrogen-bond acceptors (Lipinski definition) is 1. The maximum atomic E-state index is 5.54. The van der Waals surface area contributed by atoms with Crippen LogP contribution in [-0.2, 0) is 0 Å². The minimum Gasteiger partial charge on any atom is -0.496 e. The maximum Gasteiger partial charge on any atom is 0.123 e. The fraction of sp³-hybridized carbons (Fsp3) is 0.647. The summed E-state index contributed by atoms with van der Waals surface area (Å²) < 4.78 is 5.54. The molecule has 0 N–H and O–H groups in total. The first kappa shape index (κ1) is 14.9. The maximum absolute atomic E-state index is 5.54. The SMILES string of the molecule is COc1ccc(C)cc1C(Br)C1CCCCCCC1. The Hall–Kier alpha value is -0.500. The highest BCUT2D eigenvalue weighted by Crippen LogP contribution is 2.42. The predicted molar refractivity (Wildman–Crippen MR) is 85.2 cm³/mol. The van der Waals surface area contributed by atoms with Crippen molar-refractivity contribution in [1.82, 2.24) is 0 Å². The molecule has 1 fully saturated rings. The van der Waals surface area contributed by atoms with Crippen LogP contribution < -0.4 is 4.74 Å². The lowest BCUT2D eigenvalue weighted by Crippen LogP contribution is -2.11. The van der Waals surface area contributed by atoms with Gasteiger partial charge in [-0.2, -0.15) is 0 Å². The Morgan fingerprint density at radius 1 is 1.11 bits per heavy atom. The number of ether oxygens (including phenoxy) is 1. The van der Waals surface area contributed by atoms with Crippen molar-refractivity contribution in [1.29, 1.82) is 0 Å². The van der Waals surface area contributed by atoms with Crippen molar-refractivity contribution in [3.63, 3.8) is 0 Å².